The molecular formula is C32H34N6O. The first kappa shape index (κ1) is 23.2. The van der Waals surface area contributed by atoms with Crippen LogP contribution in [0.25, 0.3) is 44.2 Å². The molecule has 4 atom stereocenters. The van der Waals surface area contributed by atoms with Crippen molar-refractivity contribution in [2.75, 3.05) is 0 Å². The maximum Gasteiger partial charge on any atom is 0.128 e. The van der Waals surface area contributed by atoms with Gasteiger partial charge in [0.15, 0.2) is 0 Å². The van der Waals surface area contributed by atoms with E-state index in [2.05, 4.69) is 81.9 Å². The van der Waals surface area contributed by atoms with Crippen LogP contribution in [0.4, 0.5) is 0 Å². The number of nitrogens with one attached hydrogen (secondary N) is 4. The van der Waals surface area contributed by atoms with Crippen LogP contribution in [0.2, 0.25) is 0 Å². The second-order valence-corrected chi connectivity index (χ2v) is 11.6. The summed E-state index contributed by atoms with van der Waals surface area (Å²) in [6, 6.07) is 17.2. The summed E-state index contributed by atoms with van der Waals surface area (Å²) in [6.07, 6.45) is 7.77. The minimum Gasteiger partial charge on any atom is -0.488 e. The second-order valence-electron chi connectivity index (χ2n) is 11.6. The maximum atomic E-state index is 6.35. The number of imidazole rings is 2. The Bertz CT molecular complexity index is 1720. The summed E-state index contributed by atoms with van der Waals surface area (Å²) in [7, 11) is 0. The summed E-state index contributed by atoms with van der Waals surface area (Å²) < 4.78 is 6.35. The van der Waals surface area contributed by atoms with Gasteiger partial charge in [0.05, 0.1) is 35.0 Å². The van der Waals surface area contributed by atoms with Crippen molar-refractivity contribution in [3.8, 4) is 28.1 Å². The topological polar surface area (TPSA) is 90.7 Å². The van der Waals surface area contributed by atoms with Gasteiger partial charge in [-0.05, 0) is 85.4 Å². The van der Waals surface area contributed by atoms with Gasteiger partial charge < -0.3 is 25.3 Å². The van der Waals surface area contributed by atoms with Crippen LogP contribution in [0, 0.1) is 0 Å². The number of ether oxygens (including phenoxy) is 1. The Balaban J connectivity index is 1.13. The Labute approximate surface area is 227 Å². The van der Waals surface area contributed by atoms with Gasteiger partial charge in [0.1, 0.15) is 24.0 Å². The number of H-pyrrole nitrogens is 2. The molecule has 0 unspecified atom stereocenters. The Hall–Kier alpha value is -3.68. The molecule has 0 amide bonds. The van der Waals surface area contributed by atoms with Crippen LogP contribution in [-0.2, 0) is 6.61 Å². The fourth-order valence-electron chi connectivity index (χ4n) is 6.80. The minimum atomic E-state index is 0.302. The lowest BCUT2D eigenvalue weighted by Crippen LogP contribution is -2.23. The van der Waals surface area contributed by atoms with Crippen LogP contribution >= 0.6 is 0 Å². The third kappa shape index (κ3) is 3.86. The molecule has 198 valence electrons. The van der Waals surface area contributed by atoms with E-state index >= 15 is 0 Å². The van der Waals surface area contributed by atoms with Crippen LogP contribution in [0.5, 0.6) is 5.75 Å². The largest absolute Gasteiger partial charge is 0.488 e. The Morgan fingerprint density at radius 3 is 2.64 bits per heavy atom. The van der Waals surface area contributed by atoms with Gasteiger partial charge >= 0.3 is 0 Å². The van der Waals surface area contributed by atoms with Crippen molar-refractivity contribution in [1.82, 2.24) is 30.6 Å². The second kappa shape index (κ2) is 8.93. The predicted octanol–water partition coefficient (Wildman–Crippen LogP) is 6.68. The van der Waals surface area contributed by atoms with E-state index in [1.165, 1.54) is 29.4 Å². The highest BCUT2D eigenvalue weighted by molar-refractivity contribution is 6.07. The summed E-state index contributed by atoms with van der Waals surface area (Å²) in [5.41, 5.74) is 7.88. The molecule has 5 aromatic rings. The number of rotatable bonds is 4. The SMILES string of the molecule is CC[C@H]1CC[C@@H](c2nc3c(ccc4cc5c(cc43)OCc3cc(-c4cnc([C@@H]6CC[C@H](C)N6)[nH]4)ccc3-5)[nH]2)N1. The predicted molar refractivity (Wildman–Crippen MR) is 155 cm³/mol. The van der Waals surface area contributed by atoms with Gasteiger partial charge in [0.2, 0.25) is 0 Å². The molecule has 3 aromatic carbocycles. The Morgan fingerprint density at radius 1 is 0.897 bits per heavy atom. The normalized spacial score (nSPS) is 24.3. The Kier molecular flexibility index (Phi) is 5.32. The van der Waals surface area contributed by atoms with Gasteiger partial charge in [-0.25, -0.2) is 9.97 Å². The molecule has 2 saturated heterocycles. The van der Waals surface area contributed by atoms with Gasteiger partial charge in [-0.1, -0.05) is 25.1 Å². The molecule has 0 bridgehead atoms. The average molecular weight is 519 g/mol. The number of hydrogen-bond donors (Lipinski definition) is 4. The number of aromatic amines is 2. The van der Waals surface area contributed by atoms with Crippen molar-refractivity contribution >= 4 is 21.8 Å². The summed E-state index contributed by atoms with van der Waals surface area (Å²) >= 11 is 0. The molecule has 0 spiro atoms. The standard InChI is InChI=1S/C32H34N6O/c1-3-21-7-11-27(35-21)32-36-25-10-6-18-13-24-22-8-5-19(28-15-33-31(37-28)26-9-4-17(2)34-26)12-20(22)16-39-29(24)14-23(18)30(25)38-32/h5-6,8,10,12-15,17,21,26-27,34-35H,3-4,7,9,11,16H2,1-2H3,(H,33,37)(H,36,38)/t17-,21-,26-,27-/m0/s1. The molecule has 2 aromatic heterocycles. The number of hydrogen-bond acceptors (Lipinski definition) is 5. The van der Waals surface area contributed by atoms with Crippen molar-refractivity contribution in [2.24, 2.45) is 0 Å². The fourth-order valence-corrected chi connectivity index (χ4v) is 6.80. The average Bonchev–Trinajstić information content (AvgIpc) is 3.77. The van der Waals surface area contributed by atoms with E-state index in [1.807, 2.05) is 6.20 Å². The lowest BCUT2D eigenvalue weighted by Gasteiger charge is -2.22. The summed E-state index contributed by atoms with van der Waals surface area (Å²) in [4.78, 5) is 16.9. The molecule has 3 aliphatic heterocycles. The first-order valence-corrected chi connectivity index (χ1v) is 14.4. The van der Waals surface area contributed by atoms with E-state index in [9.17, 15) is 0 Å². The smallest absolute Gasteiger partial charge is 0.128 e. The lowest BCUT2D eigenvalue weighted by atomic mass is 9.92. The molecule has 8 rings (SSSR count). The van der Waals surface area contributed by atoms with E-state index in [-0.39, 0.29) is 0 Å². The maximum absolute atomic E-state index is 6.35. The third-order valence-electron chi connectivity index (χ3n) is 9.04. The molecule has 0 aliphatic carbocycles. The van der Waals surface area contributed by atoms with Crippen LogP contribution in [0.3, 0.4) is 0 Å². The van der Waals surface area contributed by atoms with Gasteiger partial charge in [0.25, 0.3) is 0 Å². The highest BCUT2D eigenvalue weighted by Gasteiger charge is 2.27. The first-order valence-electron chi connectivity index (χ1n) is 14.4. The zero-order valence-corrected chi connectivity index (χ0v) is 22.5. The minimum absolute atomic E-state index is 0.302. The molecule has 7 heteroatoms. The van der Waals surface area contributed by atoms with E-state index in [4.69, 9.17) is 9.72 Å². The molecule has 7 nitrogen and oxygen atoms in total. The molecule has 0 radical (unpaired) electrons. The van der Waals surface area contributed by atoms with Crippen LogP contribution in [0.1, 0.15) is 75.2 Å². The summed E-state index contributed by atoms with van der Waals surface area (Å²) in [6.45, 7) is 5.03. The van der Waals surface area contributed by atoms with Crippen LogP contribution < -0.4 is 15.4 Å². The van der Waals surface area contributed by atoms with Crippen molar-refractivity contribution in [2.45, 2.75) is 76.7 Å². The van der Waals surface area contributed by atoms with Crippen molar-refractivity contribution in [3.63, 3.8) is 0 Å². The number of benzene rings is 3. The molecule has 4 N–H and O–H groups in total. The van der Waals surface area contributed by atoms with Crippen LogP contribution in [-0.4, -0.2) is 32.0 Å². The van der Waals surface area contributed by atoms with Crippen molar-refractivity contribution < 1.29 is 4.74 Å². The number of fused-ring (bicyclic) bond motifs is 6. The van der Waals surface area contributed by atoms with Gasteiger partial charge in [-0.15, -0.1) is 0 Å². The zero-order valence-electron chi connectivity index (χ0n) is 22.5. The molecule has 3 aliphatic rings. The number of aromatic nitrogens is 4. The van der Waals surface area contributed by atoms with Crippen LogP contribution in [0.15, 0.2) is 48.7 Å². The molecule has 5 heterocycles. The summed E-state index contributed by atoms with van der Waals surface area (Å²) in [5, 5.41) is 9.67. The van der Waals surface area contributed by atoms with E-state index in [0.29, 0.717) is 30.8 Å². The third-order valence-corrected chi connectivity index (χ3v) is 9.04. The first-order chi connectivity index (χ1) is 19.1. The lowest BCUT2D eigenvalue weighted by molar-refractivity contribution is 0.303. The molecule has 39 heavy (non-hydrogen) atoms. The molecular weight excluding hydrogens is 484 g/mol. The fraction of sp³-hybridized carbons (Fsp3) is 0.375. The number of nitrogens with zero attached hydrogens (tertiary/aromatic N) is 2. The zero-order chi connectivity index (χ0) is 26.1. The molecule has 0 saturated carbocycles. The van der Waals surface area contributed by atoms with Gasteiger partial charge in [0, 0.05) is 23.0 Å². The van der Waals surface area contributed by atoms with Crippen molar-refractivity contribution in [1.29, 1.82) is 0 Å². The molecule has 2 fully saturated rings. The van der Waals surface area contributed by atoms with Crippen molar-refractivity contribution in [3.05, 3.63) is 65.9 Å². The quantitative estimate of drug-likeness (QED) is 0.213. The van der Waals surface area contributed by atoms with Gasteiger partial charge in [-0.3, -0.25) is 0 Å². The Morgan fingerprint density at radius 2 is 1.79 bits per heavy atom. The van der Waals surface area contributed by atoms with Gasteiger partial charge in [-0.2, -0.15) is 0 Å². The highest BCUT2D eigenvalue weighted by atomic mass is 16.5. The van der Waals surface area contributed by atoms with E-state index < -0.39 is 0 Å². The summed E-state index contributed by atoms with van der Waals surface area (Å²) in [5.74, 6) is 3.00. The highest BCUT2D eigenvalue weighted by Crippen LogP contribution is 2.43. The monoisotopic (exact) mass is 518 g/mol. The van der Waals surface area contributed by atoms with E-state index in [1.54, 1.807) is 0 Å². The van der Waals surface area contributed by atoms with E-state index in [0.717, 1.165) is 69.9 Å².